The average Bonchev–Trinajstić information content (AvgIpc) is 2.47. The van der Waals surface area contributed by atoms with Crippen LogP contribution in [0.1, 0.15) is 5.56 Å². The van der Waals surface area contributed by atoms with Crippen LogP contribution >= 0.6 is 11.6 Å². The van der Waals surface area contributed by atoms with Crippen molar-refractivity contribution in [1.82, 2.24) is 4.98 Å². The molecule has 0 spiro atoms. The van der Waals surface area contributed by atoms with Crippen molar-refractivity contribution in [2.24, 2.45) is 0 Å². The molecule has 0 saturated heterocycles. The summed E-state index contributed by atoms with van der Waals surface area (Å²) in [4.78, 5) is 4.29. The van der Waals surface area contributed by atoms with E-state index in [1.807, 2.05) is 30.3 Å². The van der Waals surface area contributed by atoms with Crippen LogP contribution in [-0.4, -0.2) is 4.98 Å². The van der Waals surface area contributed by atoms with Gasteiger partial charge in [0.15, 0.2) is 0 Å². The second kappa shape index (κ2) is 5.47. The van der Waals surface area contributed by atoms with Gasteiger partial charge in [-0.25, -0.2) is 4.39 Å². The van der Waals surface area contributed by atoms with Crippen molar-refractivity contribution in [3.8, 4) is 0 Å². The highest BCUT2D eigenvalue weighted by Crippen LogP contribution is 2.24. The van der Waals surface area contributed by atoms with Gasteiger partial charge >= 0.3 is 0 Å². The fraction of sp³-hybridized carbons (Fsp3) is 0.0625. The second-order valence-electron chi connectivity index (χ2n) is 4.43. The third kappa shape index (κ3) is 2.45. The van der Waals surface area contributed by atoms with Gasteiger partial charge in [-0.1, -0.05) is 23.7 Å². The molecule has 100 valence electrons. The second-order valence-corrected chi connectivity index (χ2v) is 4.84. The Hall–Kier alpha value is -2.13. The van der Waals surface area contributed by atoms with Crippen LogP contribution in [0.3, 0.4) is 0 Å². The van der Waals surface area contributed by atoms with E-state index in [2.05, 4.69) is 10.3 Å². The first-order chi connectivity index (χ1) is 9.75. The number of hydrogen-bond acceptors (Lipinski definition) is 2. The van der Waals surface area contributed by atoms with Gasteiger partial charge in [0.25, 0.3) is 0 Å². The number of anilines is 1. The number of aromatic nitrogens is 1. The minimum Gasteiger partial charge on any atom is -0.380 e. The lowest BCUT2D eigenvalue weighted by atomic mass is 10.1. The van der Waals surface area contributed by atoms with Gasteiger partial charge in [0.2, 0.25) is 0 Å². The van der Waals surface area contributed by atoms with E-state index < -0.39 is 0 Å². The molecule has 2 nitrogen and oxygen atoms in total. The Morgan fingerprint density at radius 2 is 1.90 bits per heavy atom. The van der Waals surface area contributed by atoms with E-state index in [-0.39, 0.29) is 5.82 Å². The predicted octanol–water partition coefficient (Wildman–Crippen LogP) is 4.64. The topological polar surface area (TPSA) is 24.9 Å². The molecule has 0 amide bonds. The molecular formula is C16H12ClFN2. The van der Waals surface area contributed by atoms with Crippen LogP contribution in [-0.2, 0) is 6.54 Å². The molecule has 2 aromatic carbocycles. The van der Waals surface area contributed by atoms with Crippen LogP contribution in [0.4, 0.5) is 10.1 Å². The molecule has 0 saturated carbocycles. The molecule has 3 rings (SSSR count). The fourth-order valence-corrected chi connectivity index (χ4v) is 2.37. The van der Waals surface area contributed by atoms with Crippen LogP contribution in [0, 0.1) is 5.82 Å². The smallest absolute Gasteiger partial charge is 0.129 e. The Morgan fingerprint density at radius 3 is 2.75 bits per heavy atom. The van der Waals surface area contributed by atoms with E-state index in [4.69, 9.17) is 11.6 Å². The lowest BCUT2D eigenvalue weighted by Crippen LogP contribution is -2.03. The maximum absolute atomic E-state index is 13.7. The third-order valence-corrected chi connectivity index (χ3v) is 3.52. The molecule has 0 bridgehead atoms. The first kappa shape index (κ1) is 12.9. The fourth-order valence-electron chi connectivity index (χ4n) is 2.14. The minimum absolute atomic E-state index is 0.302. The molecule has 1 N–H and O–H groups in total. The van der Waals surface area contributed by atoms with E-state index in [9.17, 15) is 4.39 Å². The van der Waals surface area contributed by atoms with Gasteiger partial charge in [-0.15, -0.1) is 0 Å². The van der Waals surface area contributed by atoms with E-state index in [0.717, 1.165) is 16.6 Å². The van der Waals surface area contributed by atoms with E-state index >= 15 is 0 Å². The van der Waals surface area contributed by atoms with E-state index in [1.54, 1.807) is 18.3 Å². The molecule has 0 aliphatic carbocycles. The van der Waals surface area contributed by atoms with Crippen molar-refractivity contribution in [1.29, 1.82) is 0 Å². The molecular weight excluding hydrogens is 275 g/mol. The first-order valence-electron chi connectivity index (χ1n) is 6.26. The van der Waals surface area contributed by atoms with Crippen molar-refractivity contribution < 1.29 is 4.39 Å². The van der Waals surface area contributed by atoms with Crippen molar-refractivity contribution in [2.45, 2.75) is 6.54 Å². The number of pyridine rings is 1. The molecule has 1 aromatic heterocycles. The van der Waals surface area contributed by atoms with Crippen LogP contribution in [0.5, 0.6) is 0 Å². The summed E-state index contributed by atoms with van der Waals surface area (Å²) in [5, 5.41) is 4.65. The van der Waals surface area contributed by atoms with Gasteiger partial charge in [0.1, 0.15) is 5.82 Å². The molecule has 20 heavy (non-hydrogen) atoms. The number of nitrogens with zero attached hydrogens (tertiary/aromatic N) is 1. The van der Waals surface area contributed by atoms with Crippen molar-refractivity contribution >= 4 is 28.2 Å². The highest BCUT2D eigenvalue weighted by Gasteiger charge is 2.07. The maximum atomic E-state index is 13.7. The van der Waals surface area contributed by atoms with Crippen LogP contribution in [0.25, 0.3) is 10.9 Å². The van der Waals surface area contributed by atoms with Crippen molar-refractivity contribution in [2.75, 3.05) is 5.32 Å². The number of fused-ring (bicyclic) bond motifs is 1. The lowest BCUT2D eigenvalue weighted by molar-refractivity contribution is 0.613. The van der Waals surface area contributed by atoms with Gasteiger partial charge in [-0.2, -0.15) is 0 Å². The van der Waals surface area contributed by atoms with Crippen molar-refractivity contribution in [3.05, 3.63) is 71.1 Å². The number of halogens is 2. The predicted molar refractivity (Wildman–Crippen MR) is 80.5 cm³/mol. The minimum atomic E-state index is -0.302. The quantitative estimate of drug-likeness (QED) is 0.759. The molecule has 0 aliphatic heterocycles. The summed E-state index contributed by atoms with van der Waals surface area (Å²) >= 11 is 6.02. The zero-order valence-electron chi connectivity index (χ0n) is 10.6. The monoisotopic (exact) mass is 286 g/mol. The Kier molecular flexibility index (Phi) is 3.52. The Morgan fingerprint density at radius 1 is 1.05 bits per heavy atom. The summed E-state index contributed by atoms with van der Waals surface area (Å²) in [5.41, 5.74) is 2.28. The van der Waals surface area contributed by atoms with Gasteiger partial charge < -0.3 is 5.32 Å². The van der Waals surface area contributed by atoms with Crippen LogP contribution < -0.4 is 5.32 Å². The summed E-state index contributed by atoms with van der Waals surface area (Å²) in [6, 6.07) is 14.4. The number of benzene rings is 2. The standard InChI is InChI=1S/C16H12ClFN2/c17-13-5-1-6-14(18)12(13)10-20-16-8-2-7-15-11(16)4-3-9-19-15/h1-9,20H,10H2. The zero-order chi connectivity index (χ0) is 13.9. The molecule has 0 radical (unpaired) electrons. The Bertz CT molecular complexity index is 733. The summed E-state index contributed by atoms with van der Waals surface area (Å²) in [6.07, 6.45) is 1.75. The number of hydrogen-bond donors (Lipinski definition) is 1. The van der Waals surface area contributed by atoms with Gasteiger partial charge in [0, 0.05) is 34.4 Å². The highest BCUT2D eigenvalue weighted by atomic mass is 35.5. The summed E-state index contributed by atoms with van der Waals surface area (Å²) < 4.78 is 13.7. The molecule has 4 heteroatoms. The first-order valence-corrected chi connectivity index (χ1v) is 6.64. The highest BCUT2D eigenvalue weighted by molar-refractivity contribution is 6.31. The zero-order valence-corrected chi connectivity index (χ0v) is 11.4. The maximum Gasteiger partial charge on any atom is 0.129 e. The summed E-state index contributed by atoms with van der Waals surface area (Å²) in [6.45, 7) is 0.333. The number of nitrogens with one attached hydrogen (secondary N) is 1. The van der Waals surface area contributed by atoms with Gasteiger partial charge in [0.05, 0.1) is 5.52 Å². The summed E-state index contributed by atoms with van der Waals surface area (Å²) in [5.74, 6) is -0.302. The molecule has 0 fully saturated rings. The van der Waals surface area contributed by atoms with Crippen LogP contribution in [0.2, 0.25) is 5.02 Å². The van der Waals surface area contributed by atoms with E-state index in [1.165, 1.54) is 6.07 Å². The van der Waals surface area contributed by atoms with Crippen molar-refractivity contribution in [3.63, 3.8) is 0 Å². The van der Waals surface area contributed by atoms with Crippen LogP contribution in [0.15, 0.2) is 54.7 Å². The van der Waals surface area contributed by atoms with Gasteiger partial charge in [-0.05, 0) is 36.4 Å². The summed E-state index contributed by atoms with van der Waals surface area (Å²) in [7, 11) is 0. The van der Waals surface area contributed by atoms with Gasteiger partial charge in [-0.3, -0.25) is 4.98 Å². The number of rotatable bonds is 3. The largest absolute Gasteiger partial charge is 0.380 e. The molecule has 0 aliphatic rings. The molecule has 0 atom stereocenters. The Labute approximate surface area is 121 Å². The molecule has 0 unspecified atom stereocenters. The third-order valence-electron chi connectivity index (χ3n) is 3.16. The lowest BCUT2D eigenvalue weighted by Gasteiger charge is -2.11. The normalized spacial score (nSPS) is 10.7. The molecule has 3 aromatic rings. The SMILES string of the molecule is Fc1cccc(Cl)c1CNc1cccc2ncccc12. The Balaban J connectivity index is 1.91. The molecule has 1 heterocycles. The average molecular weight is 287 g/mol. The van der Waals surface area contributed by atoms with E-state index in [0.29, 0.717) is 17.1 Å².